The van der Waals surface area contributed by atoms with Gasteiger partial charge in [-0.1, -0.05) is 26.8 Å². The van der Waals surface area contributed by atoms with Gasteiger partial charge in [-0.15, -0.1) is 0 Å². The Hall–Kier alpha value is -3.27. The van der Waals surface area contributed by atoms with E-state index >= 15 is 4.39 Å². The molecule has 0 amide bonds. The number of hydrogen-bond acceptors (Lipinski definition) is 7. The lowest BCUT2D eigenvalue weighted by Crippen LogP contribution is -2.29. The molecule has 0 bridgehead atoms. The Kier molecular flexibility index (Phi) is 7.59. The first-order valence-electron chi connectivity index (χ1n) is 10.9. The predicted octanol–water partition coefficient (Wildman–Crippen LogP) is 3.04. The van der Waals surface area contributed by atoms with E-state index in [1.807, 2.05) is 6.07 Å². The van der Waals surface area contributed by atoms with Crippen LogP contribution in [0.1, 0.15) is 65.2 Å². The summed E-state index contributed by atoms with van der Waals surface area (Å²) in [6, 6.07) is 6.36. The molecule has 192 valence electrons. The van der Waals surface area contributed by atoms with Crippen LogP contribution in [0.5, 0.6) is 0 Å². The molecular formula is C24H26FN3O6S2. The highest BCUT2D eigenvalue weighted by molar-refractivity contribution is 7.90. The summed E-state index contributed by atoms with van der Waals surface area (Å²) in [5, 5.41) is 9.34. The lowest BCUT2D eigenvalue weighted by Gasteiger charge is -2.27. The molecule has 2 aromatic carbocycles. The number of esters is 1. The molecule has 9 nitrogen and oxygen atoms in total. The van der Waals surface area contributed by atoms with Crippen LogP contribution in [-0.4, -0.2) is 37.0 Å². The maximum atomic E-state index is 15.0. The van der Waals surface area contributed by atoms with Gasteiger partial charge in [-0.05, 0) is 53.9 Å². The van der Waals surface area contributed by atoms with Gasteiger partial charge in [-0.2, -0.15) is 5.26 Å². The van der Waals surface area contributed by atoms with Gasteiger partial charge in [0.15, 0.2) is 0 Å². The number of nitrogens with one attached hydrogen (secondary N) is 2. The summed E-state index contributed by atoms with van der Waals surface area (Å²) in [7, 11) is -6.11. The van der Waals surface area contributed by atoms with Crippen molar-refractivity contribution in [2.24, 2.45) is 0 Å². The van der Waals surface area contributed by atoms with Crippen LogP contribution in [0.3, 0.4) is 0 Å². The van der Waals surface area contributed by atoms with Gasteiger partial charge in [-0.25, -0.2) is 30.7 Å². The second-order valence-corrected chi connectivity index (χ2v) is 12.1. The van der Waals surface area contributed by atoms with Crippen LogP contribution in [0, 0.1) is 17.1 Å². The highest BCUT2D eigenvalue weighted by atomic mass is 32.2. The predicted molar refractivity (Wildman–Crippen MR) is 130 cm³/mol. The zero-order valence-electron chi connectivity index (χ0n) is 20.3. The van der Waals surface area contributed by atoms with Crippen LogP contribution >= 0.6 is 0 Å². The zero-order valence-corrected chi connectivity index (χ0v) is 22.0. The van der Waals surface area contributed by atoms with Crippen molar-refractivity contribution in [3.8, 4) is 6.07 Å². The fourth-order valence-electron chi connectivity index (χ4n) is 4.26. The van der Waals surface area contributed by atoms with Gasteiger partial charge in [0.05, 0.1) is 23.1 Å². The van der Waals surface area contributed by atoms with E-state index in [0.29, 0.717) is 11.1 Å². The lowest BCUT2D eigenvalue weighted by atomic mass is 9.80. The number of nitrogens with zero attached hydrogens (tertiary/aromatic N) is 1. The highest BCUT2D eigenvalue weighted by Crippen LogP contribution is 2.37. The largest absolute Gasteiger partial charge is 0.465 e. The highest BCUT2D eigenvalue weighted by Gasteiger charge is 2.30. The van der Waals surface area contributed by atoms with Crippen LogP contribution in [0.25, 0.3) is 0 Å². The quantitative estimate of drug-likeness (QED) is 0.519. The molecule has 2 N–H and O–H groups in total. The number of carbonyl (C=O) groups is 1. The van der Waals surface area contributed by atoms with Gasteiger partial charge in [0.2, 0.25) is 10.0 Å². The summed E-state index contributed by atoms with van der Waals surface area (Å²) in [6.07, 6.45) is 1.70. The molecule has 0 saturated heterocycles. The van der Waals surface area contributed by atoms with Crippen molar-refractivity contribution in [1.82, 2.24) is 9.44 Å². The van der Waals surface area contributed by atoms with E-state index in [1.54, 1.807) is 26.8 Å². The second kappa shape index (κ2) is 10.0. The maximum absolute atomic E-state index is 15.0. The molecule has 3 rings (SSSR count). The number of allylic oxidation sites excluding steroid dienone is 2. The molecule has 0 radical (unpaired) electrons. The standard InChI is InChI=1S/C24H26FN3O6S2/c1-13(2)22-19-10-16(8-14(3)18(19)9-15(12-26)23(22)25)28-36(32,33)21-7-6-17(35(30,31)27-4)11-20(21)24(29)34-5/h6-9,11,13-14,27-28H,10H2,1-5H3. The number of benzene rings is 2. The molecule has 12 heteroatoms. The Balaban J connectivity index is 2.08. The molecular weight excluding hydrogens is 509 g/mol. The van der Waals surface area contributed by atoms with Crippen LogP contribution in [0.15, 0.2) is 45.8 Å². The Labute approximate surface area is 210 Å². The SMILES string of the molecule is CNS(=O)(=O)c1ccc(S(=O)(=O)NC2=CC(C)c3cc(C#N)c(F)c(C(C)C)c3C2)c(C(=O)OC)c1. The minimum absolute atomic E-state index is 0.0504. The first-order chi connectivity index (χ1) is 16.8. The number of nitriles is 1. The van der Waals surface area contributed by atoms with Gasteiger partial charge in [0.1, 0.15) is 16.8 Å². The summed E-state index contributed by atoms with van der Waals surface area (Å²) in [5.74, 6) is -2.26. The molecule has 1 atom stereocenters. The Morgan fingerprint density at radius 2 is 1.86 bits per heavy atom. The molecule has 1 aliphatic carbocycles. The van der Waals surface area contributed by atoms with Crippen molar-refractivity contribution < 1.29 is 30.8 Å². The van der Waals surface area contributed by atoms with Crippen LogP contribution in [0.4, 0.5) is 4.39 Å². The van der Waals surface area contributed by atoms with E-state index in [1.165, 1.54) is 13.1 Å². The lowest BCUT2D eigenvalue weighted by molar-refractivity contribution is 0.0596. The summed E-state index contributed by atoms with van der Waals surface area (Å²) >= 11 is 0. The summed E-state index contributed by atoms with van der Waals surface area (Å²) in [6.45, 7) is 5.37. The molecule has 36 heavy (non-hydrogen) atoms. The van der Waals surface area contributed by atoms with Gasteiger partial charge in [-0.3, -0.25) is 4.72 Å². The van der Waals surface area contributed by atoms with Crippen molar-refractivity contribution >= 4 is 26.0 Å². The molecule has 0 heterocycles. The van der Waals surface area contributed by atoms with Crippen molar-refractivity contribution in [2.75, 3.05) is 14.2 Å². The normalized spacial score (nSPS) is 15.6. The average Bonchev–Trinajstić information content (AvgIpc) is 2.82. The van der Waals surface area contributed by atoms with E-state index in [9.17, 15) is 26.9 Å². The summed E-state index contributed by atoms with van der Waals surface area (Å²) < 4.78 is 75.3. The number of halogens is 1. The summed E-state index contributed by atoms with van der Waals surface area (Å²) in [5.41, 5.74) is 1.40. The van der Waals surface area contributed by atoms with Crippen molar-refractivity contribution in [1.29, 1.82) is 5.26 Å². The van der Waals surface area contributed by atoms with E-state index in [4.69, 9.17) is 0 Å². The third kappa shape index (κ3) is 5.00. The summed E-state index contributed by atoms with van der Waals surface area (Å²) in [4.78, 5) is 11.6. The minimum atomic E-state index is -4.38. The number of sulfonamides is 2. The Morgan fingerprint density at radius 1 is 1.19 bits per heavy atom. The first-order valence-corrected chi connectivity index (χ1v) is 13.9. The molecule has 2 aromatic rings. The van der Waals surface area contributed by atoms with Crippen LogP contribution < -0.4 is 9.44 Å². The van der Waals surface area contributed by atoms with Gasteiger partial charge >= 0.3 is 5.97 Å². The number of fused-ring (bicyclic) bond motifs is 1. The third-order valence-corrected chi connectivity index (χ3v) is 8.82. The van der Waals surface area contributed by atoms with E-state index in [-0.39, 0.29) is 34.4 Å². The van der Waals surface area contributed by atoms with E-state index in [2.05, 4.69) is 14.2 Å². The molecule has 0 saturated carbocycles. The second-order valence-electron chi connectivity index (χ2n) is 8.61. The Morgan fingerprint density at radius 3 is 2.42 bits per heavy atom. The molecule has 1 unspecified atom stereocenters. The fourth-order valence-corrected chi connectivity index (χ4v) is 6.29. The zero-order chi connectivity index (χ0) is 27.0. The molecule has 0 aromatic heterocycles. The van der Waals surface area contributed by atoms with E-state index < -0.39 is 42.3 Å². The molecule has 0 fully saturated rings. The number of rotatable bonds is 7. The molecule has 0 aliphatic heterocycles. The number of methoxy groups -OCH3 is 1. The smallest absolute Gasteiger partial charge is 0.339 e. The fraction of sp³-hybridized carbons (Fsp3) is 0.333. The molecule has 0 spiro atoms. The van der Waals surface area contributed by atoms with Crippen molar-refractivity contribution in [3.05, 3.63) is 69.7 Å². The van der Waals surface area contributed by atoms with Crippen LogP contribution in [-0.2, 0) is 31.2 Å². The number of hydrogen-bond donors (Lipinski definition) is 2. The Bertz CT molecular complexity index is 1520. The third-order valence-electron chi connectivity index (χ3n) is 5.94. The van der Waals surface area contributed by atoms with Crippen molar-refractivity contribution in [2.45, 2.75) is 48.8 Å². The van der Waals surface area contributed by atoms with Crippen molar-refractivity contribution in [3.63, 3.8) is 0 Å². The van der Waals surface area contributed by atoms with Gasteiger partial charge in [0.25, 0.3) is 10.0 Å². The first kappa shape index (κ1) is 27.3. The van der Waals surface area contributed by atoms with Crippen LogP contribution in [0.2, 0.25) is 0 Å². The van der Waals surface area contributed by atoms with E-state index in [0.717, 1.165) is 30.9 Å². The number of ether oxygens (including phenoxy) is 1. The molecule has 1 aliphatic rings. The number of carbonyl (C=O) groups excluding carboxylic acids is 1. The minimum Gasteiger partial charge on any atom is -0.465 e. The topological polar surface area (TPSA) is 142 Å². The average molecular weight is 536 g/mol. The van der Waals surface area contributed by atoms with Gasteiger partial charge < -0.3 is 4.74 Å². The maximum Gasteiger partial charge on any atom is 0.339 e. The monoisotopic (exact) mass is 535 g/mol. The van der Waals surface area contributed by atoms with Gasteiger partial charge in [0, 0.05) is 18.0 Å².